The number of carboxylic acids is 1. The van der Waals surface area contributed by atoms with Gasteiger partial charge in [0.05, 0.1) is 12.7 Å². The molecule has 0 aliphatic rings. The Morgan fingerprint density at radius 1 is 0.913 bits per heavy atom. The lowest BCUT2D eigenvalue weighted by Gasteiger charge is -1.98. The minimum Gasteiger partial charge on any atom is -0.481 e. The van der Waals surface area contributed by atoms with E-state index in [1.165, 1.54) is 64.7 Å². The molecule has 138 valence electrons. The first kappa shape index (κ1) is 24.4. The van der Waals surface area contributed by atoms with Crippen LogP contribution in [0, 0.1) is 0 Å². The average Bonchev–Trinajstić information content (AvgIpc) is 2.52. The van der Waals surface area contributed by atoms with Crippen molar-refractivity contribution in [3.8, 4) is 0 Å². The average molecular weight is 331 g/mol. The number of unbranched alkanes of at least 4 members (excludes halogenated alkanes) is 9. The smallest absolute Gasteiger partial charge is 0.303 e. The van der Waals surface area contributed by atoms with Crippen LogP contribution in [0.3, 0.4) is 0 Å². The van der Waals surface area contributed by atoms with Gasteiger partial charge in [0.25, 0.3) is 0 Å². The molecular formula is C19H38O4. The van der Waals surface area contributed by atoms with Gasteiger partial charge in [-0.1, -0.05) is 57.6 Å². The van der Waals surface area contributed by atoms with E-state index in [-0.39, 0.29) is 6.61 Å². The predicted molar refractivity (Wildman–Crippen MR) is 96.6 cm³/mol. The van der Waals surface area contributed by atoms with Gasteiger partial charge in [0, 0.05) is 6.42 Å². The number of hydrogen-bond acceptors (Lipinski definition) is 3. The molecule has 0 rings (SSSR count). The van der Waals surface area contributed by atoms with E-state index in [1.807, 2.05) is 0 Å². The van der Waals surface area contributed by atoms with Gasteiger partial charge in [0.2, 0.25) is 0 Å². The highest BCUT2D eigenvalue weighted by atomic mass is 16.4. The maximum Gasteiger partial charge on any atom is 0.303 e. The Kier molecular flexibility index (Phi) is 22.4. The second kappa shape index (κ2) is 21.1. The summed E-state index contributed by atoms with van der Waals surface area (Å²) in [5.74, 6) is -0.666. The van der Waals surface area contributed by atoms with Gasteiger partial charge < -0.3 is 15.3 Å². The number of aliphatic carboxylic acids is 1. The third-order valence-corrected chi connectivity index (χ3v) is 3.42. The number of aliphatic hydroxyl groups excluding tert-OH is 2. The molecule has 0 radical (unpaired) electrons. The first-order valence-electron chi connectivity index (χ1n) is 9.20. The molecule has 4 nitrogen and oxygen atoms in total. The number of carbonyl (C=O) groups is 1. The Bertz CT molecular complexity index is 262. The molecule has 1 unspecified atom stereocenters. The number of aliphatic hydroxyl groups is 2. The fraction of sp³-hybridized carbons (Fsp3) is 0.842. The summed E-state index contributed by atoms with van der Waals surface area (Å²) in [7, 11) is 0. The molecule has 3 N–H and O–H groups in total. The molecule has 0 aromatic heterocycles. The Balaban J connectivity index is 0. The standard InChI is InChI=1S/C16H30O2.C3H8O2/c1-2-3-4-5-6-7-8-9-10-11-12-13-14-15-16(17)18;1-3(5)2-4/h7-8H,2-6,9-15H2,1H3,(H,17,18);3-5H,2H2,1H3. The predicted octanol–water partition coefficient (Wildman–Crippen LogP) is 4.69. The van der Waals surface area contributed by atoms with Crippen LogP contribution in [-0.4, -0.2) is 34.0 Å². The van der Waals surface area contributed by atoms with E-state index in [1.54, 1.807) is 0 Å². The Morgan fingerprint density at radius 3 is 1.78 bits per heavy atom. The summed E-state index contributed by atoms with van der Waals surface area (Å²) in [6.45, 7) is 3.63. The van der Waals surface area contributed by atoms with E-state index >= 15 is 0 Å². The first-order valence-corrected chi connectivity index (χ1v) is 9.20. The molecule has 0 aliphatic heterocycles. The minimum absolute atomic E-state index is 0.139. The maximum absolute atomic E-state index is 10.3. The van der Waals surface area contributed by atoms with Gasteiger partial charge in [-0.05, 0) is 39.0 Å². The van der Waals surface area contributed by atoms with Crippen LogP contribution in [0.25, 0.3) is 0 Å². The zero-order chi connectivity index (χ0) is 17.8. The molecular weight excluding hydrogens is 292 g/mol. The van der Waals surface area contributed by atoms with Crippen molar-refractivity contribution in [1.82, 2.24) is 0 Å². The van der Waals surface area contributed by atoms with Crippen molar-refractivity contribution in [3.05, 3.63) is 12.2 Å². The van der Waals surface area contributed by atoms with Crippen molar-refractivity contribution in [2.45, 2.75) is 97.0 Å². The van der Waals surface area contributed by atoms with Gasteiger partial charge >= 0.3 is 5.97 Å². The van der Waals surface area contributed by atoms with Crippen LogP contribution in [0.15, 0.2) is 12.2 Å². The van der Waals surface area contributed by atoms with Crippen molar-refractivity contribution in [2.75, 3.05) is 6.61 Å². The zero-order valence-corrected chi connectivity index (χ0v) is 15.2. The molecule has 23 heavy (non-hydrogen) atoms. The minimum atomic E-state index is -0.666. The molecule has 0 heterocycles. The van der Waals surface area contributed by atoms with Crippen LogP contribution in [-0.2, 0) is 4.79 Å². The molecule has 0 aromatic rings. The fourth-order valence-corrected chi connectivity index (χ4v) is 1.99. The topological polar surface area (TPSA) is 77.8 Å². The van der Waals surface area contributed by atoms with Crippen molar-refractivity contribution in [1.29, 1.82) is 0 Å². The summed E-state index contributed by atoms with van der Waals surface area (Å²) in [5, 5.41) is 24.5. The van der Waals surface area contributed by atoms with E-state index in [2.05, 4.69) is 19.1 Å². The Hall–Kier alpha value is -0.870. The third-order valence-electron chi connectivity index (χ3n) is 3.42. The van der Waals surface area contributed by atoms with Crippen LogP contribution >= 0.6 is 0 Å². The Morgan fingerprint density at radius 2 is 1.35 bits per heavy atom. The quantitative estimate of drug-likeness (QED) is 0.319. The summed E-state index contributed by atoms with van der Waals surface area (Å²) < 4.78 is 0. The Labute approximate surface area is 142 Å². The molecule has 0 amide bonds. The van der Waals surface area contributed by atoms with Crippen molar-refractivity contribution >= 4 is 5.97 Å². The summed E-state index contributed by atoms with van der Waals surface area (Å²) in [5.41, 5.74) is 0. The number of rotatable bonds is 14. The highest BCUT2D eigenvalue weighted by Gasteiger charge is 1.95. The lowest BCUT2D eigenvalue weighted by molar-refractivity contribution is -0.137. The van der Waals surface area contributed by atoms with E-state index in [0.29, 0.717) is 6.42 Å². The molecule has 4 heteroatoms. The first-order chi connectivity index (χ1) is 11.0. The monoisotopic (exact) mass is 330 g/mol. The van der Waals surface area contributed by atoms with Gasteiger partial charge in [-0.15, -0.1) is 0 Å². The molecule has 0 spiro atoms. The number of allylic oxidation sites excluding steroid dienone is 2. The SMILES string of the molecule is CC(O)CO.CCCCCCC=CCCCCCCCC(=O)O. The summed E-state index contributed by atoms with van der Waals surface area (Å²) in [6.07, 6.45) is 17.8. The van der Waals surface area contributed by atoms with Crippen LogP contribution in [0.5, 0.6) is 0 Å². The third kappa shape index (κ3) is 29.7. The van der Waals surface area contributed by atoms with Crippen LogP contribution in [0.2, 0.25) is 0 Å². The molecule has 0 saturated heterocycles. The molecule has 1 atom stereocenters. The molecule has 0 saturated carbocycles. The summed E-state index contributed by atoms with van der Waals surface area (Å²) in [6, 6.07) is 0. The second-order valence-electron chi connectivity index (χ2n) is 6.05. The van der Waals surface area contributed by atoms with Crippen LogP contribution in [0.4, 0.5) is 0 Å². The van der Waals surface area contributed by atoms with Crippen molar-refractivity contribution < 1.29 is 20.1 Å². The van der Waals surface area contributed by atoms with Crippen LogP contribution < -0.4 is 0 Å². The number of hydrogen-bond donors (Lipinski definition) is 3. The van der Waals surface area contributed by atoms with E-state index in [9.17, 15) is 4.79 Å². The van der Waals surface area contributed by atoms with E-state index in [4.69, 9.17) is 15.3 Å². The van der Waals surface area contributed by atoms with Gasteiger partial charge in [0.15, 0.2) is 0 Å². The van der Waals surface area contributed by atoms with Gasteiger partial charge in [0.1, 0.15) is 0 Å². The number of carboxylic acid groups (broad SMARTS) is 1. The lowest BCUT2D eigenvalue weighted by atomic mass is 10.1. The van der Waals surface area contributed by atoms with Crippen molar-refractivity contribution in [3.63, 3.8) is 0 Å². The molecule has 0 aromatic carbocycles. The molecule has 0 fully saturated rings. The van der Waals surface area contributed by atoms with Crippen LogP contribution in [0.1, 0.15) is 90.9 Å². The van der Waals surface area contributed by atoms with Crippen molar-refractivity contribution in [2.24, 2.45) is 0 Å². The second-order valence-corrected chi connectivity index (χ2v) is 6.05. The van der Waals surface area contributed by atoms with E-state index in [0.717, 1.165) is 12.8 Å². The molecule has 0 aliphatic carbocycles. The van der Waals surface area contributed by atoms with Gasteiger partial charge in [-0.25, -0.2) is 0 Å². The summed E-state index contributed by atoms with van der Waals surface area (Å²) >= 11 is 0. The highest BCUT2D eigenvalue weighted by Crippen LogP contribution is 2.08. The highest BCUT2D eigenvalue weighted by molar-refractivity contribution is 5.66. The van der Waals surface area contributed by atoms with Gasteiger partial charge in [-0.3, -0.25) is 4.79 Å². The lowest BCUT2D eigenvalue weighted by Crippen LogP contribution is -2.03. The maximum atomic E-state index is 10.3. The summed E-state index contributed by atoms with van der Waals surface area (Å²) in [4.78, 5) is 10.3. The fourth-order valence-electron chi connectivity index (χ4n) is 1.99. The van der Waals surface area contributed by atoms with E-state index < -0.39 is 12.1 Å². The largest absolute Gasteiger partial charge is 0.481 e. The normalized spacial score (nSPS) is 12.0. The zero-order valence-electron chi connectivity index (χ0n) is 15.2. The van der Waals surface area contributed by atoms with Gasteiger partial charge in [-0.2, -0.15) is 0 Å². The molecule has 0 bridgehead atoms.